The molecule has 1 aromatic carbocycles. The van der Waals surface area contributed by atoms with E-state index in [0.29, 0.717) is 17.1 Å². The minimum atomic E-state index is -4.17. The lowest BCUT2D eigenvalue weighted by Gasteiger charge is -2.12. The zero-order valence-corrected chi connectivity index (χ0v) is 12.3. The van der Waals surface area contributed by atoms with Gasteiger partial charge >= 0.3 is 6.18 Å². The lowest BCUT2D eigenvalue weighted by atomic mass is 10.2. The fourth-order valence-corrected chi connectivity index (χ4v) is 2.48. The lowest BCUT2D eigenvalue weighted by molar-refractivity contribution is -0.105. The van der Waals surface area contributed by atoms with Crippen LogP contribution in [0.5, 0.6) is 0 Å². The fourth-order valence-electron chi connectivity index (χ4n) is 1.69. The fraction of sp³-hybridized carbons (Fsp3) is 0.267. The number of nitrogens with one attached hydrogen (secondary N) is 1. The van der Waals surface area contributed by atoms with Crippen LogP contribution < -0.4 is 5.32 Å². The second-order valence-electron chi connectivity index (χ2n) is 4.58. The second kappa shape index (κ2) is 6.85. The molecule has 0 spiro atoms. The number of pyridine rings is 1. The van der Waals surface area contributed by atoms with Gasteiger partial charge in [0, 0.05) is 16.8 Å². The third-order valence-electron chi connectivity index (χ3n) is 2.71. The average molecular weight is 312 g/mol. The van der Waals surface area contributed by atoms with Crippen molar-refractivity contribution in [1.82, 2.24) is 4.98 Å². The van der Waals surface area contributed by atoms with Gasteiger partial charge in [-0.25, -0.2) is 0 Å². The summed E-state index contributed by atoms with van der Waals surface area (Å²) in [7, 11) is 0. The second-order valence-corrected chi connectivity index (χ2v) is 5.60. The van der Waals surface area contributed by atoms with Crippen molar-refractivity contribution in [2.24, 2.45) is 0 Å². The first-order valence-electron chi connectivity index (χ1n) is 6.38. The maximum absolute atomic E-state index is 12.3. The van der Waals surface area contributed by atoms with Gasteiger partial charge in [-0.05, 0) is 30.7 Å². The molecule has 0 saturated heterocycles. The SMILES string of the molecule is Cc1ccc(CNc2ccccc2SCC(F)(F)F)nc1. The van der Waals surface area contributed by atoms with Crippen LogP contribution in [0.25, 0.3) is 0 Å². The number of hydrogen-bond acceptors (Lipinski definition) is 3. The average Bonchev–Trinajstić information content (AvgIpc) is 2.44. The van der Waals surface area contributed by atoms with Gasteiger partial charge in [0.2, 0.25) is 0 Å². The van der Waals surface area contributed by atoms with Crippen molar-refractivity contribution in [3.8, 4) is 0 Å². The van der Waals surface area contributed by atoms with Crippen LogP contribution in [0.3, 0.4) is 0 Å². The third-order valence-corrected chi connectivity index (χ3v) is 3.85. The Bertz CT molecular complexity index is 582. The van der Waals surface area contributed by atoms with Crippen molar-refractivity contribution < 1.29 is 13.2 Å². The number of aryl methyl sites for hydroxylation is 1. The van der Waals surface area contributed by atoms with Crippen LogP contribution in [0.2, 0.25) is 0 Å². The van der Waals surface area contributed by atoms with Crippen LogP contribution in [0.1, 0.15) is 11.3 Å². The summed E-state index contributed by atoms with van der Waals surface area (Å²) in [5, 5.41) is 3.13. The van der Waals surface area contributed by atoms with Crippen molar-refractivity contribution >= 4 is 17.4 Å². The quantitative estimate of drug-likeness (QED) is 0.813. The molecule has 1 heterocycles. The standard InChI is InChI=1S/C15H15F3N2S/c1-11-6-7-12(19-8-11)9-20-13-4-2-3-5-14(13)21-10-15(16,17)18/h2-8,20H,9-10H2,1H3. The molecule has 2 nitrogen and oxygen atoms in total. The van der Waals surface area contributed by atoms with Gasteiger partial charge in [0.15, 0.2) is 0 Å². The molecule has 1 N–H and O–H groups in total. The van der Waals surface area contributed by atoms with Crippen molar-refractivity contribution in [3.05, 3.63) is 53.9 Å². The molecule has 0 aliphatic rings. The zero-order valence-electron chi connectivity index (χ0n) is 11.4. The number of hydrogen-bond donors (Lipinski definition) is 1. The highest BCUT2D eigenvalue weighted by atomic mass is 32.2. The summed E-state index contributed by atoms with van der Waals surface area (Å²) in [6, 6.07) is 10.8. The third kappa shape index (κ3) is 5.30. The molecule has 0 bridgehead atoms. The van der Waals surface area contributed by atoms with Gasteiger partial charge in [-0.1, -0.05) is 18.2 Å². The van der Waals surface area contributed by atoms with Gasteiger partial charge in [0.25, 0.3) is 0 Å². The van der Waals surface area contributed by atoms with Crippen LogP contribution in [0, 0.1) is 6.92 Å². The predicted molar refractivity (Wildman–Crippen MR) is 79.5 cm³/mol. The number of para-hydroxylation sites is 1. The molecule has 0 aliphatic carbocycles. The van der Waals surface area contributed by atoms with E-state index in [9.17, 15) is 13.2 Å². The maximum Gasteiger partial charge on any atom is 0.398 e. The first-order valence-corrected chi connectivity index (χ1v) is 7.36. The van der Waals surface area contributed by atoms with Gasteiger partial charge < -0.3 is 5.32 Å². The van der Waals surface area contributed by atoms with Crippen LogP contribution in [-0.4, -0.2) is 16.9 Å². The number of rotatable bonds is 5. The van der Waals surface area contributed by atoms with E-state index < -0.39 is 11.9 Å². The molecular weight excluding hydrogens is 297 g/mol. The van der Waals surface area contributed by atoms with Crippen molar-refractivity contribution in [3.63, 3.8) is 0 Å². The number of alkyl halides is 3. The minimum Gasteiger partial charge on any atom is -0.378 e. The Morgan fingerprint density at radius 1 is 1.14 bits per heavy atom. The van der Waals surface area contributed by atoms with E-state index in [1.807, 2.05) is 19.1 Å². The van der Waals surface area contributed by atoms with Crippen LogP contribution in [0.15, 0.2) is 47.5 Å². The van der Waals surface area contributed by atoms with E-state index in [1.54, 1.807) is 30.5 Å². The van der Waals surface area contributed by atoms with Crippen molar-refractivity contribution in [2.75, 3.05) is 11.1 Å². The Hall–Kier alpha value is -1.69. The number of anilines is 1. The smallest absolute Gasteiger partial charge is 0.378 e. The molecule has 0 amide bonds. The Labute approximate surface area is 125 Å². The van der Waals surface area contributed by atoms with Crippen molar-refractivity contribution in [1.29, 1.82) is 0 Å². The highest BCUT2D eigenvalue weighted by Gasteiger charge is 2.27. The summed E-state index contributed by atoms with van der Waals surface area (Å²) < 4.78 is 36.9. The molecule has 0 radical (unpaired) electrons. The molecule has 2 rings (SSSR count). The number of nitrogens with zero attached hydrogens (tertiary/aromatic N) is 1. The van der Waals surface area contributed by atoms with Gasteiger partial charge in [-0.3, -0.25) is 4.98 Å². The van der Waals surface area contributed by atoms with E-state index >= 15 is 0 Å². The highest BCUT2D eigenvalue weighted by molar-refractivity contribution is 7.99. The molecule has 2 aromatic rings. The van der Waals surface area contributed by atoms with Crippen LogP contribution in [0.4, 0.5) is 18.9 Å². The lowest BCUT2D eigenvalue weighted by Crippen LogP contribution is -2.11. The molecule has 0 fully saturated rings. The molecule has 0 saturated carbocycles. The molecule has 112 valence electrons. The van der Waals surface area contributed by atoms with E-state index in [4.69, 9.17) is 0 Å². The van der Waals surface area contributed by atoms with Gasteiger partial charge in [0.05, 0.1) is 18.0 Å². The summed E-state index contributed by atoms with van der Waals surface area (Å²) >= 11 is 0.784. The first kappa shape index (κ1) is 15.7. The van der Waals surface area contributed by atoms with Crippen LogP contribution >= 0.6 is 11.8 Å². The van der Waals surface area contributed by atoms with Crippen molar-refractivity contribution in [2.45, 2.75) is 24.5 Å². The number of halogens is 3. The summed E-state index contributed by atoms with van der Waals surface area (Å²) in [4.78, 5) is 4.84. The minimum absolute atomic E-state index is 0.476. The molecule has 6 heteroatoms. The van der Waals surface area contributed by atoms with Gasteiger partial charge in [0.1, 0.15) is 0 Å². The largest absolute Gasteiger partial charge is 0.398 e. The molecule has 1 aromatic heterocycles. The molecule has 21 heavy (non-hydrogen) atoms. The number of aromatic nitrogens is 1. The summed E-state index contributed by atoms with van der Waals surface area (Å²) in [5.41, 5.74) is 2.60. The molecule has 0 atom stereocenters. The van der Waals surface area contributed by atoms with Gasteiger partial charge in [-0.15, -0.1) is 11.8 Å². The molecule has 0 unspecified atom stereocenters. The maximum atomic E-state index is 12.3. The number of thioether (sulfide) groups is 1. The zero-order chi connectivity index (χ0) is 15.3. The summed E-state index contributed by atoms with van der Waals surface area (Å²) in [6.45, 7) is 2.43. The Kier molecular flexibility index (Phi) is 5.12. The summed E-state index contributed by atoms with van der Waals surface area (Å²) in [5.74, 6) is -0.894. The monoisotopic (exact) mass is 312 g/mol. The van der Waals surface area contributed by atoms with E-state index in [2.05, 4.69) is 10.3 Å². The molecular formula is C15H15F3N2S. The summed E-state index contributed by atoms with van der Waals surface area (Å²) in [6.07, 6.45) is -2.41. The van der Waals surface area contributed by atoms with E-state index in [-0.39, 0.29) is 0 Å². The Morgan fingerprint density at radius 3 is 2.57 bits per heavy atom. The predicted octanol–water partition coefficient (Wildman–Crippen LogP) is 4.66. The first-order chi connectivity index (χ1) is 9.94. The van der Waals surface area contributed by atoms with Crippen LogP contribution in [-0.2, 0) is 6.54 Å². The van der Waals surface area contributed by atoms with Gasteiger partial charge in [-0.2, -0.15) is 13.2 Å². The Balaban J connectivity index is 2.01. The Morgan fingerprint density at radius 2 is 1.90 bits per heavy atom. The molecule has 0 aliphatic heterocycles. The van der Waals surface area contributed by atoms with E-state index in [0.717, 1.165) is 23.0 Å². The number of benzene rings is 1. The normalized spacial score (nSPS) is 11.4. The topological polar surface area (TPSA) is 24.9 Å². The highest BCUT2D eigenvalue weighted by Crippen LogP contribution is 2.32. The van der Waals surface area contributed by atoms with E-state index in [1.165, 1.54) is 0 Å².